The lowest BCUT2D eigenvalue weighted by atomic mass is 9.74. The Morgan fingerprint density at radius 1 is 0.710 bits per heavy atom. The molecular weight excluding hydrogens is 410 g/mol. The van der Waals surface area contributed by atoms with Gasteiger partial charge in [0.2, 0.25) is 0 Å². The van der Waals surface area contributed by atoms with Gasteiger partial charge in [0, 0.05) is 0 Å². The Morgan fingerprint density at radius 2 is 1.19 bits per heavy atom. The first-order valence-electron chi connectivity index (χ1n) is 12.3. The summed E-state index contributed by atoms with van der Waals surface area (Å²) in [6.45, 7) is 2.34. The van der Waals surface area contributed by atoms with E-state index >= 15 is 0 Å². The molecule has 0 radical (unpaired) electrons. The van der Waals surface area contributed by atoms with Crippen LogP contribution < -0.4 is 0 Å². The molecular formula is C28H35ClF2. The molecule has 0 atom stereocenters. The first-order chi connectivity index (χ1) is 15.0. The molecule has 4 rings (SSSR count). The largest absolute Gasteiger partial charge is 0.205 e. The monoisotopic (exact) mass is 444 g/mol. The summed E-state index contributed by atoms with van der Waals surface area (Å²) in [6.07, 6.45) is 15.3. The van der Waals surface area contributed by atoms with Crippen molar-refractivity contribution in [1.29, 1.82) is 0 Å². The van der Waals surface area contributed by atoms with Crippen LogP contribution in [0.1, 0.15) is 89.0 Å². The molecule has 0 N–H and O–H groups in total. The van der Waals surface area contributed by atoms with E-state index in [1.54, 1.807) is 0 Å². The molecule has 0 nitrogen and oxygen atoms in total. The molecule has 0 unspecified atom stereocenters. The molecule has 2 aromatic carbocycles. The third kappa shape index (κ3) is 5.69. The average Bonchev–Trinajstić information content (AvgIpc) is 2.81. The molecule has 3 heteroatoms. The third-order valence-electron chi connectivity index (χ3n) is 8.07. The minimum atomic E-state index is -0.711. The lowest BCUT2D eigenvalue weighted by molar-refractivity contribution is 0.227. The molecule has 0 saturated heterocycles. The maximum Gasteiger partial charge on any atom is 0.145 e. The lowest BCUT2D eigenvalue weighted by Crippen LogP contribution is -2.17. The van der Waals surface area contributed by atoms with Gasteiger partial charge in [0.25, 0.3) is 0 Å². The van der Waals surface area contributed by atoms with Gasteiger partial charge in [-0.1, -0.05) is 87.7 Å². The molecule has 0 amide bonds. The van der Waals surface area contributed by atoms with Crippen LogP contribution in [-0.2, 0) is 0 Å². The van der Waals surface area contributed by atoms with Crippen LogP contribution in [0.2, 0.25) is 5.02 Å². The van der Waals surface area contributed by atoms with Crippen molar-refractivity contribution in [3.05, 3.63) is 58.6 Å². The van der Waals surface area contributed by atoms with Crippen molar-refractivity contribution in [1.82, 2.24) is 0 Å². The number of hydrogen-bond acceptors (Lipinski definition) is 0. The number of hydrogen-bond donors (Lipinski definition) is 0. The van der Waals surface area contributed by atoms with Gasteiger partial charge in [-0.3, -0.25) is 0 Å². The maximum absolute atomic E-state index is 13.8. The van der Waals surface area contributed by atoms with Crippen molar-refractivity contribution in [2.24, 2.45) is 17.8 Å². The Balaban J connectivity index is 1.26. The molecule has 2 aliphatic rings. The highest BCUT2D eigenvalue weighted by molar-refractivity contribution is 6.31. The minimum absolute atomic E-state index is 0.439. The van der Waals surface area contributed by atoms with Gasteiger partial charge in [-0.15, -0.1) is 0 Å². The summed E-state index contributed by atoms with van der Waals surface area (Å²) in [5.41, 5.74) is 2.71. The molecule has 0 aliphatic heterocycles. The van der Waals surface area contributed by atoms with Crippen LogP contribution in [0, 0.1) is 29.4 Å². The van der Waals surface area contributed by atoms with Crippen molar-refractivity contribution in [3.63, 3.8) is 0 Å². The normalized spacial score (nSPS) is 26.7. The fraction of sp³-hybridized carbons (Fsp3) is 0.571. The van der Waals surface area contributed by atoms with Crippen molar-refractivity contribution < 1.29 is 8.78 Å². The van der Waals surface area contributed by atoms with Crippen LogP contribution in [0.15, 0.2) is 36.4 Å². The lowest BCUT2D eigenvalue weighted by Gasteiger charge is -2.32. The third-order valence-corrected chi connectivity index (χ3v) is 8.43. The summed E-state index contributed by atoms with van der Waals surface area (Å²) in [7, 11) is 0. The van der Waals surface area contributed by atoms with Gasteiger partial charge in [0.15, 0.2) is 0 Å². The van der Waals surface area contributed by atoms with E-state index < -0.39 is 16.7 Å². The van der Waals surface area contributed by atoms with Crippen LogP contribution in [0.3, 0.4) is 0 Å². The molecule has 0 aromatic heterocycles. The van der Waals surface area contributed by atoms with E-state index in [0.717, 1.165) is 23.3 Å². The van der Waals surface area contributed by atoms with E-state index in [4.69, 9.17) is 11.6 Å². The summed E-state index contributed by atoms with van der Waals surface area (Å²) >= 11 is 5.60. The first kappa shape index (κ1) is 22.8. The van der Waals surface area contributed by atoms with E-state index in [2.05, 4.69) is 19.1 Å². The Morgan fingerprint density at radius 3 is 1.71 bits per heavy atom. The van der Waals surface area contributed by atoms with Crippen LogP contribution in [0.25, 0.3) is 11.1 Å². The molecule has 0 bridgehead atoms. The van der Waals surface area contributed by atoms with Gasteiger partial charge in [-0.05, 0) is 78.2 Å². The fourth-order valence-electron chi connectivity index (χ4n) is 5.85. The Bertz CT molecular complexity index is 821. The highest BCUT2D eigenvalue weighted by atomic mass is 35.5. The second kappa shape index (κ2) is 10.5. The van der Waals surface area contributed by atoms with Gasteiger partial charge in [0.1, 0.15) is 16.7 Å². The molecule has 2 saturated carbocycles. The number of benzene rings is 2. The predicted octanol–water partition coefficient (Wildman–Crippen LogP) is 9.56. The molecule has 31 heavy (non-hydrogen) atoms. The van der Waals surface area contributed by atoms with Crippen molar-refractivity contribution >= 4 is 11.6 Å². The predicted molar refractivity (Wildman–Crippen MR) is 126 cm³/mol. The van der Waals surface area contributed by atoms with Gasteiger partial charge >= 0.3 is 0 Å². The summed E-state index contributed by atoms with van der Waals surface area (Å²) in [6, 6.07) is 10.8. The van der Waals surface area contributed by atoms with Gasteiger partial charge < -0.3 is 0 Å². The topological polar surface area (TPSA) is 0 Å². The summed E-state index contributed by atoms with van der Waals surface area (Å²) in [5, 5.41) is -0.439. The van der Waals surface area contributed by atoms with Crippen molar-refractivity contribution in [3.8, 4) is 11.1 Å². The van der Waals surface area contributed by atoms with Gasteiger partial charge in [-0.2, -0.15) is 0 Å². The van der Waals surface area contributed by atoms with Crippen LogP contribution in [0.5, 0.6) is 0 Å². The Kier molecular flexibility index (Phi) is 7.69. The molecule has 0 spiro atoms. The molecule has 2 fully saturated rings. The molecule has 2 aliphatic carbocycles. The SMILES string of the molecule is CC[C@H]1CC[C@H](CC[C@H]2CC[C@H](c3ccc(-c4cc(F)c(Cl)c(F)c4)cc3)CC2)CC1. The zero-order chi connectivity index (χ0) is 21.8. The zero-order valence-corrected chi connectivity index (χ0v) is 19.4. The first-order valence-corrected chi connectivity index (χ1v) is 12.7. The summed E-state index contributed by atoms with van der Waals surface area (Å²) in [4.78, 5) is 0. The Hall–Kier alpha value is -1.41. The van der Waals surface area contributed by atoms with Crippen LogP contribution in [0.4, 0.5) is 8.78 Å². The zero-order valence-electron chi connectivity index (χ0n) is 18.7. The minimum Gasteiger partial charge on any atom is -0.205 e. The van der Waals surface area contributed by atoms with E-state index in [1.165, 1.54) is 88.3 Å². The highest BCUT2D eigenvalue weighted by Crippen LogP contribution is 2.40. The maximum atomic E-state index is 13.8. The smallest absolute Gasteiger partial charge is 0.145 e. The van der Waals surface area contributed by atoms with Crippen molar-refractivity contribution in [2.45, 2.75) is 83.5 Å². The van der Waals surface area contributed by atoms with Crippen molar-refractivity contribution in [2.75, 3.05) is 0 Å². The summed E-state index contributed by atoms with van der Waals surface area (Å²) < 4.78 is 27.6. The van der Waals surface area contributed by atoms with E-state index in [-0.39, 0.29) is 0 Å². The second-order valence-corrected chi connectivity index (χ2v) is 10.3. The number of rotatable bonds is 6. The van der Waals surface area contributed by atoms with E-state index in [0.29, 0.717) is 11.5 Å². The number of halogens is 3. The average molecular weight is 445 g/mol. The quantitative estimate of drug-likeness (QED) is 0.389. The molecule has 2 aromatic rings. The Labute approximate surface area is 191 Å². The second-order valence-electron chi connectivity index (χ2n) is 9.97. The summed E-state index contributed by atoms with van der Waals surface area (Å²) in [5.74, 6) is 2.07. The molecule has 0 heterocycles. The van der Waals surface area contributed by atoms with Gasteiger partial charge in [-0.25, -0.2) is 8.78 Å². The molecule has 168 valence electrons. The fourth-order valence-corrected chi connectivity index (χ4v) is 5.96. The van der Waals surface area contributed by atoms with Crippen LogP contribution >= 0.6 is 11.6 Å². The van der Waals surface area contributed by atoms with E-state index in [9.17, 15) is 8.78 Å². The van der Waals surface area contributed by atoms with Gasteiger partial charge in [0.05, 0.1) is 0 Å². The van der Waals surface area contributed by atoms with E-state index in [1.807, 2.05) is 12.1 Å². The van der Waals surface area contributed by atoms with Crippen LogP contribution in [-0.4, -0.2) is 0 Å². The standard InChI is InChI=1S/C28H35ClF2/c1-2-19-3-5-20(6-4-19)7-8-21-9-11-22(12-10-21)23-13-15-24(16-14-23)25-17-26(30)28(29)27(31)18-25/h13-22H,2-12H2,1H3/t19-,20-,21-,22-. The highest BCUT2D eigenvalue weighted by Gasteiger charge is 2.25.